The van der Waals surface area contributed by atoms with Crippen molar-refractivity contribution in [2.45, 2.75) is 12.8 Å². The molecule has 162 valence electrons. The zero-order valence-electron chi connectivity index (χ0n) is 17.7. The van der Waals surface area contributed by atoms with Crippen molar-refractivity contribution in [1.29, 1.82) is 0 Å². The first kappa shape index (κ1) is 20.3. The molecule has 7 nitrogen and oxygen atoms in total. The predicted molar refractivity (Wildman–Crippen MR) is 128 cm³/mol. The van der Waals surface area contributed by atoms with Crippen molar-refractivity contribution in [3.05, 3.63) is 65.9 Å². The molecule has 2 aromatic heterocycles. The lowest BCUT2D eigenvalue weighted by Gasteiger charge is -2.13. The van der Waals surface area contributed by atoms with Gasteiger partial charge >= 0.3 is 0 Å². The average molecular weight is 446 g/mol. The molecule has 0 aliphatic carbocycles. The number of imidazole rings is 1. The second-order valence-electron chi connectivity index (χ2n) is 7.62. The number of rotatable bonds is 6. The maximum atomic E-state index is 12.9. The number of anilines is 2. The molecule has 5 rings (SSSR count). The van der Waals surface area contributed by atoms with Gasteiger partial charge in [0.2, 0.25) is 0 Å². The first-order chi connectivity index (χ1) is 15.7. The topological polar surface area (TPSA) is 83.1 Å². The van der Waals surface area contributed by atoms with Gasteiger partial charge < -0.3 is 19.9 Å². The van der Waals surface area contributed by atoms with Gasteiger partial charge in [-0.3, -0.25) is 4.79 Å². The Morgan fingerprint density at radius 2 is 1.97 bits per heavy atom. The highest BCUT2D eigenvalue weighted by Gasteiger charge is 2.19. The Kier molecular flexibility index (Phi) is 5.60. The molecule has 1 aliphatic heterocycles. The summed E-state index contributed by atoms with van der Waals surface area (Å²) in [6.07, 6.45) is 5.82. The number of carbonyl (C=O) groups excluding carboxylic acids is 1. The van der Waals surface area contributed by atoms with Gasteiger partial charge in [0.15, 0.2) is 5.13 Å². The van der Waals surface area contributed by atoms with E-state index in [4.69, 9.17) is 9.72 Å². The summed E-state index contributed by atoms with van der Waals surface area (Å²) in [5.41, 5.74) is 4.85. The summed E-state index contributed by atoms with van der Waals surface area (Å²) < 4.78 is 5.55. The number of methoxy groups -OCH3 is 1. The molecule has 3 heterocycles. The molecule has 1 fully saturated rings. The van der Waals surface area contributed by atoms with Gasteiger partial charge in [0.1, 0.15) is 5.75 Å². The van der Waals surface area contributed by atoms with Gasteiger partial charge in [-0.15, -0.1) is 11.3 Å². The number of carbonyl (C=O) groups is 1. The van der Waals surface area contributed by atoms with Gasteiger partial charge in [-0.2, -0.15) is 0 Å². The molecule has 32 heavy (non-hydrogen) atoms. The van der Waals surface area contributed by atoms with Crippen molar-refractivity contribution in [3.63, 3.8) is 0 Å². The molecular weight excluding hydrogens is 422 g/mol. The van der Waals surface area contributed by atoms with Gasteiger partial charge in [-0.25, -0.2) is 9.97 Å². The Bertz CT molecular complexity index is 1210. The minimum atomic E-state index is -0.182. The Hall–Kier alpha value is -3.65. The molecule has 0 atom stereocenters. The number of hydrogen-bond acceptors (Lipinski definition) is 6. The smallest absolute Gasteiger partial charge is 0.255 e. The molecule has 1 amide bonds. The number of aromatic nitrogens is 3. The third-order valence-electron chi connectivity index (χ3n) is 5.56. The fourth-order valence-electron chi connectivity index (χ4n) is 3.84. The summed E-state index contributed by atoms with van der Waals surface area (Å²) in [4.78, 5) is 27.2. The quantitative estimate of drug-likeness (QED) is 0.433. The van der Waals surface area contributed by atoms with E-state index in [1.807, 2.05) is 41.8 Å². The molecule has 2 N–H and O–H groups in total. The van der Waals surface area contributed by atoms with E-state index in [0.717, 1.165) is 46.4 Å². The summed E-state index contributed by atoms with van der Waals surface area (Å²) in [6.45, 7) is 2.09. The van der Waals surface area contributed by atoms with Crippen LogP contribution in [-0.2, 0) is 0 Å². The van der Waals surface area contributed by atoms with Crippen LogP contribution in [0.15, 0.2) is 60.4 Å². The molecule has 8 heteroatoms. The van der Waals surface area contributed by atoms with E-state index in [1.54, 1.807) is 37.0 Å². The number of hydrogen-bond donors (Lipinski definition) is 2. The van der Waals surface area contributed by atoms with Gasteiger partial charge in [-0.1, -0.05) is 12.1 Å². The minimum absolute atomic E-state index is 0.182. The van der Waals surface area contributed by atoms with Crippen LogP contribution in [0.4, 0.5) is 10.8 Å². The summed E-state index contributed by atoms with van der Waals surface area (Å²) in [7, 11) is 1.63. The fourth-order valence-corrected chi connectivity index (χ4v) is 4.72. The Morgan fingerprint density at radius 1 is 1.16 bits per heavy atom. The molecule has 2 aromatic carbocycles. The van der Waals surface area contributed by atoms with Crippen LogP contribution in [0.25, 0.3) is 22.5 Å². The zero-order chi connectivity index (χ0) is 21.9. The van der Waals surface area contributed by atoms with Crippen molar-refractivity contribution in [2.24, 2.45) is 0 Å². The molecular formula is C24H23N5O2S. The maximum absolute atomic E-state index is 12.9. The van der Waals surface area contributed by atoms with Crippen molar-refractivity contribution in [2.75, 3.05) is 30.4 Å². The highest BCUT2D eigenvalue weighted by molar-refractivity contribution is 7.14. The number of thiazole rings is 1. The first-order valence-corrected chi connectivity index (χ1v) is 11.4. The number of benzene rings is 2. The van der Waals surface area contributed by atoms with Crippen LogP contribution >= 0.6 is 11.3 Å². The first-order valence-electron chi connectivity index (χ1n) is 10.5. The van der Waals surface area contributed by atoms with Crippen molar-refractivity contribution < 1.29 is 9.53 Å². The number of nitrogens with one attached hydrogen (secondary N) is 2. The van der Waals surface area contributed by atoms with Crippen LogP contribution in [0.5, 0.6) is 5.75 Å². The summed E-state index contributed by atoms with van der Waals surface area (Å²) in [5, 5.41) is 6.01. The standard InChI is InChI=1S/C24H23N5O2S/c1-31-22-9-6-17(12-19(22)21-14-32-24(28-21)29-10-2-3-11-29)23(30)27-18-7-4-16(5-8-18)20-13-25-15-26-20/h4-9,12-15H,2-3,10-11H2,1H3,(H,25,26)(H,27,30). The van der Waals surface area contributed by atoms with Crippen molar-refractivity contribution in [1.82, 2.24) is 15.0 Å². The van der Waals surface area contributed by atoms with Gasteiger partial charge in [0.05, 0.1) is 31.0 Å². The lowest BCUT2D eigenvalue weighted by molar-refractivity contribution is 0.102. The van der Waals surface area contributed by atoms with E-state index in [0.29, 0.717) is 11.3 Å². The van der Waals surface area contributed by atoms with Crippen LogP contribution in [0.3, 0.4) is 0 Å². The van der Waals surface area contributed by atoms with Crippen LogP contribution in [-0.4, -0.2) is 41.1 Å². The lowest BCUT2D eigenvalue weighted by Crippen LogP contribution is -2.17. The van der Waals surface area contributed by atoms with E-state index in [1.165, 1.54) is 12.8 Å². The van der Waals surface area contributed by atoms with E-state index >= 15 is 0 Å². The number of amides is 1. The lowest BCUT2D eigenvalue weighted by atomic mass is 10.1. The van der Waals surface area contributed by atoms with E-state index < -0.39 is 0 Å². The molecule has 1 aliphatic rings. The second-order valence-corrected chi connectivity index (χ2v) is 8.46. The number of ether oxygens (including phenoxy) is 1. The monoisotopic (exact) mass is 445 g/mol. The molecule has 0 saturated carbocycles. The zero-order valence-corrected chi connectivity index (χ0v) is 18.5. The second kappa shape index (κ2) is 8.84. The number of aromatic amines is 1. The largest absolute Gasteiger partial charge is 0.496 e. The third-order valence-corrected chi connectivity index (χ3v) is 6.46. The summed E-state index contributed by atoms with van der Waals surface area (Å²) in [5.74, 6) is 0.516. The SMILES string of the molecule is COc1ccc(C(=O)Nc2ccc(-c3cnc[nH]3)cc2)cc1-c1csc(N2CCCC2)n1. The van der Waals surface area contributed by atoms with Crippen LogP contribution in [0.2, 0.25) is 0 Å². The molecule has 1 saturated heterocycles. The third kappa shape index (κ3) is 4.09. The molecule has 0 radical (unpaired) electrons. The summed E-state index contributed by atoms with van der Waals surface area (Å²) in [6, 6.07) is 13.1. The van der Waals surface area contributed by atoms with Gasteiger partial charge in [-0.05, 0) is 48.7 Å². The highest BCUT2D eigenvalue weighted by atomic mass is 32.1. The van der Waals surface area contributed by atoms with Crippen LogP contribution in [0.1, 0.15) is 23.2 Å². The Balaban J connectivity index is 1.36. The molecule has 0 bridgehead atoms. The van der Waals surface area contributed by atoms with Crippen LogP contribution in [0, 0.1) is 0 Å². The van der Waals surface area contributed by atoms with E-state index in [-0.39, 0.29) is 5.91 Å². The number of H-pyrrole nitrogens is 1. The van der Waals surface area contributed by atoms with Crippen LogP contribution < -0.4 is 15.0 Å². The maximum Gasteiger partial charge on any atom is 0.255 e. The van der Waals surface area contributed by atoms with Gasteiger partial charge in [0, 0.05) is 35.3 Å². The summed E-state index contributed by atoms with van der Waals surface area (Å²) >= 11 is 1.63. The molecule has 0 unspecified atom stereocenters. The van der Waals surface area contributed by atoms with E-state index in [2.05, 4.69) is 20.2 Å². The normalized spacial score (nSPS) is 13.3. The fraction of sp³-hybridized carbons (Fsp3) is 0.208. The Labute approximate surface area is 190 Å². The average Bonchev–Trinajstić information content (AvgIpc) is 3.61. The van der Waals surface area contributed by atoms with E-state index in [9.17, 15) is 4.79 Å². The molecule has 0 spiro atoms. The molecule has 4 aromatic rings. The van der Waals surface area contributed by atoms with Gasteiger partial charge in [0.25, 0.3) is 5.91 Å². The minimum Gasteiger partial charge on any atom is -0.496 e. The predicted octanol–water partition coefficient (Wildman–Crippen LogP) is 5.06. The van der Waals surface area contributed by atoms with Crippen molar-refractivity contribution >= 4 is 28.1 Å². The Morgan fingerprint density at radius 3 is 2.69 bits per heavy atom. The highest BCUT2D eigenvalue weighted by Crippen LogP contribution is 2.35. The van der Waals surface area contributed by atoms with Crippen molar-refractivity contribution in [3.8, 4) is 28.3 Å². The number of nitrogens with zero attached hydrogens (tertiary/aromatic N) is 3.